The number of benzene rings is 1. The van der Waals surface area contributed by atoms with Crippen molar-refractivity contribution in [3.05, 3.63) is 59.9 Å². The lowest BCUT2D eigenvalue weighted by Crippen LogP contribution is -2.49. The SMILES string of the molecule is COCCCCOc1ccccc1C(=O)NC[C@@H](C[C@H](N)[C@@H](O)CNC(=O)C(C)(C)c1cccnc1)C(C)C. The van der Waals surface area contributed by atoms with E-state index in [-0.39, 0.29) is 30.2 Å². The number of unbranched alkanes of at least 4 members (excludes halogenated alkanes) is 1. The summed E-state index contributed by atoms with van der Waals surface area (Å²) in [6, 6.07) is 10.3. The Labute approximate surface area is 232 Å². The average molecular weight is 543 g/mol. The third-order valence-electron chi connectivity index (χ3n) is 7.09. The number of methoxy groups -OCH3 is 1. The van der Waals surface area contributed by atoms with Crippen LogP contribution in [0.5, 0.6) is 5.75 Å². The molecule has 0 bridgehead atoms. The van der Waals surface area contributed by atoms with E-state index < -0.39 is 17.6 Å². The van der Waals surface area contributed by atoms with Gasteiger partial charge in [-0.15, -0.1) is 0 Å². The fourth-order valence-corrected chi connectivity index (χ4v) is 4.16. The Kier molecular flexibility index (Phi) is 13.4. The van der Waals surface area contributed by atoms with Crippen molar-refractivity contribution in [2.24, 2.45) is 17.6 Å². The highest BCUT2D eigenvalue weighted by Crippen LogP contribution is 2.23. The van der Waals surface area contributed by atoms with Gasteiger partial charge in [0, 0.05) is 45.2 Å². The van der Waals surface area contributed by atoms with E-state index in [4.69, 9.17) is 15.2 Å². The highest BCUT2D eigenvalue weighted by Gasteiger charge is 2.31. The Balaban J connectivity index is 1.88. The van der Waals surface area contributed by atoms with Crippen molar-refractivity contribution in [2.75, 3.05) is 33.4 Å². The van der Waals surface area contributed by atoms with Crippen LogP contribution in [0.25, 0.3) is 0 Å². The van der Waals surface area contributed by atoms with Gasteiger partial charge >= 0.3 is 0 Å². The number of amides is 2. The number of rotatable bonds is 17. The summed E-state index contributed by atoms with van der Waals surface area (Å²) < 4.78 is 10.9. The Bertz CT molecular complexity index is 1020. The minimum absolute atomic E-state index is 0.0308. The Morgan fingerprint density at radius 1 is 1.05 bits per heavy atom. The molecule has 1 aromatic heterocycles. The lowest BCUT2D eigenvalue weighted by atomic mass is 9.84. The van der Waals surface area contributed by atoms with Gasteiger partial charge in [-0.1, -0.05) is 32.0 Å². The molecule has 2 aromatic rings. The smallest absolute Gasteiger partial charge is 0.255 e. The molecule has 0 radical (unpaired) electrons. The number of hydrogen-bond donors (Lipinski definition) is 4. The monoisotopic (exact) mass is 542 g/mol. The topological polar surface area (TPSA) is 136 Å². The number of carbonyl (C=O) groups excluding carboxylic acids is 2. The largest absolute Gasteiger partial charge is 0.493 e. The molecule has 2 amide bonds. The summed E-state index contributed by atoms with van der Waals surface area (Å²) in [7, 11) is 1.67. The first-order valence-electron chi connectivity index (χ1n) is 13.7. The number of aliphatic hydroxyl groups is 1. The van der Waals surface area contributed by atoms with Crippen molar-refractivity contribution >= 4 is 11.8 Å². The molecule has 1 aromatic carbocycles. The number of hydrogen-bond acceptors (Lipinski definition) is 7. The summed E-state index contributed by atoms with van der Waals surface area (Å²) in [5.74, 6) is 0.366. The lowest BCUT2D eigenvalue weighted by Gasteiger charge is -2.29. The summed E-state index contributed by atoms with van der Waals surface area (Å²) >= 11 is 0. The first kappa shape index (κ1) is 32.2. The molecule has 0 aliphatic carbocycles. The zero-order chi connectivity index (χ0) is 28.8. The number of ether oxygens (including phenoxy) is 2. The number of nitrogens with zero attached hydrogens (tertiary/aromatic N) is 1. The van der Waals surface area contributed by atoms with E-state index in [0.717, 1.165) is 18.4 Å². The summed E-state index contributed by atoms with van der Waals surface area (Å²) in [5, 5.41) is 16.5. The molecule has 0 fully saturated rings. The van der Waals surface area contributed by atoms with Crippen LogP contribution in [0.3, 0.4) is 0 Å². The molecule has 39 heavy (non-hydrogen) atoms. The third kappa shape index (κ3) is 10.2. The standard InChI is InChI=1S/C30H46N4O5/c1-21(2)22(18-33-28(36)24-12-6-7-13-27(24)39-16-9-8-15-38-5)17-25(31)26(35)20-34-29(37)30(3,4)23-11-10-14-32-19-23/h6-7,10-14,19,21-22,25-26,35H,8-9,15-18,20,31H2,1-5H3,(H,33,36)(H,34,37)/t22-,25+,26+/m1/s1. The van der Waals surface area contributed by atoms with Gasteiger partial charge in [-0.3, -0.25) is 14.6 Å². The number of aromatic nitrogens is 1. The molecule has 0 saturated carbocycles. The Morgan fingerprint density at radius 3 is 2.44 bits per heavy atom. The van der Waals surface area contributed by atoms with Gasteiger partial charge in [0.25, 0.3) is 5.91 Å². The van der Waals surface area contributed by atoms with E-state index in [2.05, 4.69) is 29.5 Å². The van der Waals surface area contributed by atoms with Crippen LogP contribution in [-0.2, 0) is 14.9 Å². The van der Waals surface area contributed by atoms with Gasteiger partial charge in [0.2, 0.25) is 5.91 Å². The number of pyridine rings is 1. The van der Waals surface area contributed by atoms with Crippen LogP contribution in [0.2, 0.25) is 0 Å². The summed E-state index contributed by atoms with van der Waals surface area (Å²) in [5.41, 5.74) is 6.81. The second-order valence-corrected chi connectivity index (χ2v) is 10.8. The number of nitrogens with one attached hydrogen (secondary N) is 2. The molecule has 0 saturated heterocycles. The normalized spacial score (nSPS) is 13.9. The van der Waals surface area contributed by atoms with E-state index in [0.29, 0.717) is 37.5 Å². The molecule has 2 rings (SSSR count). The van der Waals surface area contributed by atoms with E-state index in [1.165, 1.54) is 0 Å². The van der Waals surface area contributed by atoms with E-state index in [1.807, 2.05) is 32.0 Å². The molecule has 0 aliphatic rings. The number of para-hydroxylation sites is 1. The molecule has 216 valence electrons. The van der Waals surface area contributed by atoms with Crippen LogP contribution in [-0.4, -0.2) is 67.5 Å². The minimum atomic E-state index is -0.928. The van der Waals surface area contributed by atoms with Gasteiger partial charge in [0.05, 0.1) is 23.7 Å². The van der Waals surface area contributed by atoms with Crippen LogP contribution in [0, 0.1) is 11.8 Å². The highest BCUT2D eigenvalue weighted by molar-refractivity contribution is 5.96. The van der Waals surface area contributed by atoms with Gasteiger partial charge in [0.1, 0.15) is 5.75 Å². The van der Waals surface area contributed by atoms with Crippen LogP contribution >= 0.6 is 0 Å². The van der Waals surface area contributed by atoms with E-state index in [1.54, 1.807) is 37.7 Å². The van der Waals surface area contributed by atoms with Crippen LogP contribution in [0.1, 0.15) is 62.9 Å². The van der Waals surface area contributed by atoms with Crippen LogP contribution in [0.4, 0.5) is 0 Å². The van der Waals surface area contributed by atoms with Crippen LogP contribution in [0.15, 0.2) is 48.8 Å². The number of nitrogens with two attached hydrogens (primary N) is 1. The first-order chi connectivity index (χ1) is 18.6. The lowest BCUT2D eigenvalue weighted by molar-refractivity contribution is -0.126. The molecule has 9 heteroatoms. The molecule has 3 atom stereocenters. The first-order valence-corrected chi connectivity index (χ1v) is 13.7. The van der Waals surface area contributed by atoms with Crippen molar-refractivity contribution in [1.29, 1.82) is 0 Å². The Morgan fingerprint density at radius 2 is 1.77 bits per heavy atom. The molecular weight excluding hydrogens is 496 g/mol. The molecule has 0 spiro atoms. The van der Waals surface area contributed by atoms with Gasteiger partial charge < -0.3 is 30.9 Å². The second-order valence-electron chi connectivity index (χ2n) is 10.8. The predicted octanol–water partition coefficient (Wildman–Crippen LogP) is 3.06. The molecule has 1 heterocycles. The van der Waals surface area contributed by atoms with Gasteiger partial charge in [0.15, 0.2) is 0 Å². The molecule has 9 nitrogen and oxygen atoms in total. The maximum absolute atomic E-state index is 13.0. The summed E-state index contributed by atoms with van der Waals surface area (Å²) in [6.07, 6.45) is 4.60. The van der Waals surface area contributed by atoms with E-state index >= 15 is 0 Å². The summed E-state index contributed by atoms with van der Waals surface area (Å²) in [6.45, 7) is 9.37. The molecule has 5 N–H and O–H groups in total. The van der Waals surface area contributed by atoms with Gasteiger partial charge in [-0.05, 0) is 68.7 Å². The Hall–Kier alpha value is -3.01. The number of aliphatic hydroxyl groups excluding tert-OH is 1. The number of carbonyl (C=O) groups is 2. The van der Waals surface area contributed by atoms with Crippen LogP contribution < -0.4 is 21.1 Å². The van der Waals surface area contributed by atoms with Crippen molar-refractivity contribution in [1.82, 2.24) is 15.6 Å². The third-order valence-corrected chi connectivity index (χ3v) is 7.09. The second kappa shape index (κ2) is 16.2. The fourth-order valence-electron chi connectivity index (χ4n) is 4.16. The molecular formula is C30H46N4O5. The van der Waals surface area contributed by atoms with Crippen molar-refractivity contribution in [3.8, 4) is 5.75 Å². The minimum Gasteiger partial charge on any atom is -0.493 e. The van der Waals surface area contributed by atoms with Crippen molar-refractivity contribution in [3.63, 3.8) is 0 Å². The zero-order valence-electron chi connectivity index (χ0n) is 24.0. The average Bonchev–Trinajstić information content (AvgIpc) is 2.93. The van der Waals surface area contributed by atoms with Crippen molar-refractivity contribution in [2.45, 2.75) is 64.5 Å². The van der Waals surface area contributed by atoms with Gasteiger partial charge in [-0.2, -0.15) is 0 Å². The highest BCUT2D eigenvalue weighted by atomic mass is 16.5. The quantitative estimate of drug-likeness (QED) is 0.226. The molecule has 0 unspecified atom stereocenters. The summed E-state index contributed by atoms with van der Waals surface area (Å²) in [4.78, 5) is 29.9. The fraction of sp³-hybridized carbons (Fsp3) is 0.567. The van der Waals surface area contributed by atoms with Crippen molar-refractivity contribution < 1.29 is 24.2 Å². The maximum Gasteiger partial charge on any atom is 0.255 e. The zero-order valence-corrected chi connectivity index (χ0v) is 24.0. The van der Waals surface area contributed by atoms with Gasteiger partial charge in [-0.25, -0.2) is 0 Å². The van der Waals surface area contributed by atoms with E-state index in [9.17, 15) is 14.7 Å². The molecule has 0 aliphatic heterocycles. The predicted molar refractivity (Wildman–Crippen MR) is 153 cm³/mol. The maximum atomic E-state index is 13.0.